The molecular weight excluding hydrogens is 204 g/mol. The summed E-state index contributed by atoms with van der Waals surface area (Å²) >= 11 is 0. The topological polar surface area (TPSA) is 53.3 Å². The minimum Gasteiger partial charge on any atom is -0.483 e. The largest absolute Gasteiger partial charge is 0.483 e. The van der Waals surface area contributed by atoms with Crippen LogP contribution in [0.4, 0.5) is 0 Å². The van der Waals surface area contributed by atoms with Crippen molar-refractivity contribution in [2.45, 2.75) is 13.8 Å². The summed E-state index contributed by atoms with van der Waals surface area (Å²) in [7, 11) is 1.41. The maximum absolute atomic E-state index is 11.3. The average molecular weight is 218 g/mol. The lowest BCUT2D eigenvalue weighted by Crippen LogP contribution is -2.27. The van der Waals surface area contributed by atoms with Gasteiger partial charge in [-0.05, 0) is 25.0 Å². The molecule has 0 saturated carbocycles. The van der Waals surface area contributed by atoms with E-state index in [2.05, 4.69) is 0 Å². The van der Waals surface area contributed by atoms with Gasteiger partial charge in [0.2, 0.25) is 0 Å². The van der Waals surface area contributed by atoms with Gasteiger partial charge in [0.15, 0.2) is 12.8 Å². The molecule has 4 heteroatoms. The molecule has 0 aliphatic heterocycles. The maximum atomic E-state index is 11.3. The molecule has 0 aromatic heterocycles. The van der Waals surface area contributed by atoms with Crippen LogP contribution in [-0.2, 0) is 4.79 Å². The molecule has 1 aromatic carbocycles. The highest BCUT2D eigenvalue weighted by molar-refractivity contribution is 5.78. The van der Waals surface area contributed by atoms with Crippen LogP contribution in [0.5, 0.6) is 5.75 Å². The van der Waals surface area contributed by atoms with E-state index in [1.165, 1.54) is 7.05 Å². The molecule has 0 spiro atoms. The number of nitriles is 1. The Morgan fingerprint density at radius 2 is 2.00 bits per heavy atom. The lowest BCUT2D eigenvalue weighted by molar-refractivity contribution is -0.129. The number of carbonyl (C=O) groups excluding carboxylic acids is 1. The van der Waals surface area contributed by atoms with Crippen molar-refractivity contribution in [1.82, 2.24) is 4.90 Å². The maximum Gasteiger partial charge on any atom is 0.273 e. The fourth-order valence-electron chi connectivity index (χ4n) is 1.31. The first-order chi connectivity index (χ1) is 7.56. The summed E-state index contributed by atoms with van der Waals surface area (Å²) in [5.74, 6) is 0.354. The molecule has 0 bridgehead atoms. The zero-order valence-corrected chi connectivity index (χ0v) is 9.65. The number of amides is 1. The highest BCUT2D eigenvalue weighted by Crippen LogP contribution is 2.22. The molecule has 0 saturated heterocycles. The lowest BCUT2D eigenvalue weighted by atomic mass is 10.1. The Balaban J connectivity index is 2.69. The van der Waals surface area contributed by atoms with Crippen LogP contribution in [0.3, 0.4) is 0 Å². The van der Waals surface area contributed by atoms with Crippen LogP contribution in [0.1, 0.15) is 11.1 Å². The number of nitrogens with zero attached hydrogens (tertiary/aromatic N) is 2. The molecule has 0 N–H and O–H groups in total. The molecule has 0 atom stereocenters. The third kappa shape index (κ3) is 2.74. The van der Waals surface area contributed by atoms with Crippen molar-refractivity contribution in [3.8, 4) is 11.9 Å². The van der Waals surface area contributed by atoms with Crippen LogP contribution in [0.25, 0.3) is 0 Å². The van der Waals surface area contributed by atoms with Crippen LogP contribution >= 0.6 is 0 Å². The average Bonchev–Trinajstić information content (AvgIpc) is 2.27. The Morgan fingerprint density at radius 1 is 1.44 bits per heavy atom. The molecule has 16 heavy (non-hydrogen) atoms. The van der Waals surface area contributed by atoms with Crippen LogP contribution < -0.4 is 4.74 Å². The van der Waals surface area contributed by atoms with Crippen molar-refractivity contribution in [1.29, 1.82) is 5.26 Å². The van der Waals surface area contributed by atoms with Crippen molar-refractivity contribution in [2.24, 2.45) is 0 Å². The van der Waals surface area contributed by atoms with Gasteiger partial charge in [-0.2, -0.15) is 5.26 Å². The van der Waals surface area contributed by atoms with Gasteiger partial charge in [0.1, 0.15) is 5.75 Å². The summed E-state index contributed by atoms with van der Waals surface area (Å²) in [5, 5.41) is 8.51. The van der Waals surface area contributed by atoms with E-state index in [-0.39, 0.29) is 12.5 Å². The SMILES string of the molecule is Cc1cccc(C)c1OCC(=O)N(C)C#N. The number of hydrogen-bond acceptors (Lipinski definition) is 3. The molecule has 1 amide bonds. The summed E-state index contributed by atoms with van der Waals surface area (Å²) in [6.45, 7) is 3.72. The number of aryl methyl sites for hydroxylation is 2. The smallest absolute Gasteiger partial charge is 0.273 e. The van der Waals surface area contributed by atoms with E-state index in [9.17, 15) is 4.79 Å². The molecule has 84 valence electrons. The summed E-state index contributed by atoms with van der Waals surface area (Å²) in [5.41, 5.74) is 1.96. The third-order valence-electron chi connectivity index (χ3n) is 2.27. The van der Waals surface area contributed by atoms with Crippen molar-refractivity contribution < 1.29 is 9.53 Å². The van der Waals surface area contributed by atoms with E-state index < -0.39 is 0 Å². The van der Waals surface area contributed by atoms with Crippen molar-refractivity contribution in [2.75, 3.05) is 13.7 Å². The van der Waals surface area contributed by atoms with E-state index in [1.807, 2.05) is 32.0 Å². The molecule has 0 aliphatic carbocycles. The van der Waals surface area contributed by atoms with Gasteiger partial charge in [-0.25, -0.2) is 4.90 Å². The molecule has 0 fully saturated rings. The van der Waals surface area contributed by atoms with Crippen molar-refractivity contribution in [3.05, 3.63) is 29.3 Å². The predicted molar refractivity (Wildman–Crippen MR) is 59.8 cm³/mol. The number of carbonyl (C=O) groups is 1. The molecular formula is C12H14N2O2. The zero-order valence-electron chi connectivity index (χ0n) is 9.65. The van der Waals surface area contributed by atoms with E-state index in [0.717, 1.165) is 16.0 Å². The molecule has 0 radical (unpaired) electrons. The zero-order chi connectivity index (χ0) is 12.1. The summed E-state index contributed by atoms with van der Waals surface area (Å²) in [4.78, 5) is 12.3. The second-order valence-corrected chi connectivity index (χ2v) is 3.56. The van der Waals surface area contributed by atoms with Crippen molar-refractivity contribution >= 4 is 5.91 Å². The Bertz CT molecular complexity index is 415. The first-order valence-corrected chi connectivity index (χ1v) is 4.91. The standard InChI is InChI=1S/C12H14N2O2/c1-9-5-4-6-10(2)12(9)16-7-11(15)14(3)8-13/h4-6H,7H2,1-3H3. The molecule has 1 rings (SSSR count). The third-order valence-corrected chi connectivity index (χ3v) is 2.27. The fraction of sp³-hybridized carbons (Fsp3) is 0.333. The molecule has 0 unspecified atom stereocenters. The predicted octanol–water partition coefficient (Wildman–Crippen LogP) is 1.62. The second-order valence-electron chi connectivity index (χ2n) is 3.56. The van der Waals surface area contributed by atoms with Gasteiger partial charge >= 0.3 is 0 Å². The minimum absolute atomic E-state index is 0.115. The van der Waals surface area contributed by atoms with Gasteiger partial charge < -0.3 is 4.74 Å². The van der Waals surface area contributed by atoms with Crippen LogP contribution in [0, 0.1) is 25.3 Å². The number of hydrogen-bond donors (Lipinski definition) is 0. The minimum atomic E-state index is -0.356. The fourth-order valence-corrected chi connectivity index (χ4v) is 1.31. The number of ether oxygens (including phenoxy) is 1. The highest BCUT2D eigenvalue weighted by atomic mass is 16.5. The number of rotatable bonds is 3. The quantitative estimate of drug-likeness (QED) is 0.572. The number of benzene rings is 1. The Labute approximate surface area is 95.0 Å². The van der Waals surface area contributed by atoms with Gasteiger partial charge in [-0.15, -0.1) is 0 Å². The van der Waals surface area contributed by atoms with Gasteiger partial charge in [0, 0.05) is 7.05 Å². The molecule has 4 nitrogen and oxygen atoms in total. The summed E-state index contributed by atoms with van der Waals surface area (Å²) in [6.07, 6.45) is 1.73. The van der Waals surface area contributed by atoms with Crippen LogP contribution in [0.15, 0.2) is 18.2 Å². The number of para-hydroxylation sites is 1. The van der Waals surface area contributed by atoms with Crippen LogP contribution in [-0.4, -0.2) is 24.5 Å². The van der Waals surface area contributed by atoms with Gasteiger partial charge in [0.05, 0.1) is 0 Å². The highest BCUT2D eigenvalue weighted by Gasteiger charge is 2.10. The van der Waals surface area contributed by atoms with Gasteiger partial charge in [-0.3, -0.25) is 4.79 Å². The Kier molecular flexibility index (Phi) is 3.90. The van der Waals surface area contributed by atoms with Crippen LogP contribution in [0.2, 0.25) is 0 Å². The Hall–Kier alpha value is -2.02. The van der Waals surface area contributed by atoms with E-state index in [1.54, 1.807) is 6.19 Å². The lowest BCUT2D eigenvalue weighted by Gasteiger charge is -2.12. The number of likely N-dealkylation sites (N-methyl/N-ethyl adjacent to an activating group) is 1. The summed E-state index contributed by atoms with van der Waals surface area (Å²) < 4.78 is 5.41. The van der Waals surface area contributed by atoms with E-state index in [0.29, 0.717) is 5.75 Å². The van der Waals surface area contributed by atoms with Crippen molar-refractivity contribution in [3.63, 3.8) is 0 Å². The van der Waals surface area contributed by atoms with Gasteiger partial charge in [0.25, 0.3) is 5.91 Å². The molecule has 1 aromatic rings. The van der Waals surface area contributed by atoms with E-state index >= 15 is 0 Å². The monoisotopic (exact) mass is 218 g/mol. The first-order valence-electron chi connectivity index (χ1n) is 4.91. The Morgan fingerprint density at radius 3 is 2.50 bits per heavy atom. The van der Waals surface area contributed by atoms with Gasteiger partial charge in [-0.1, -0.05) is 18.2 Å². The molecule has 0 aliphatic rings. The normalized spacial score (nSPS) is 9.38. The van der Waals surface area contributed by atoms with E-state index in [4.69, 9.17) is 10.00 Å². The first kappa shape index (κ1) is 12.1. The second kappa shape index (κ2) is 5.17. The summed E-state index contributed by atoms with van der Waals surface area (Å²) in [6, 6.07) is 5.77. The molecule has 0 heterocycles.